The summed E-state index contributed by atoms with van der Waals surface area (Å²) in [6, 6.07) is 21.6. The molecule has 2 N–H and O–H groups in total. The van der Waals surface area contributed by atoms with Gasteiger partial charge in [-0.2, -0.15) is 10.2 Å². The Morgan fingerprint density at radius 2 is 1.71 bits per heavy atom. The number of benzene rings is 2. The van der Waals surface area contributed by atoms with Crippen LogP contribution < -0.4 is 0 Å². The largest absolute Gasteiger partial charge is 0.285 e. The maximum Gasteiger partial charge on any atom is 0.102 e. The average molecular weight is 399 g/mol. The van der Waals surface area contributed by atoms with Crippen LogP contribution in [0, 0.1) is 0 Å². The molecule has 4 nitrogen and oxygen atoms in total. The molecule has 0 unspecified atom stereocenters. The zero-order valence-electron chi connectivity index (χ0n) is 14.6. The average Bonchev–Trinajstić information content (AvgIpc) is 3.52. The first-order valence-corrected chi connectivity index (χ1v) is 10.5. The van der Waals surface area contributed by atoms with Crippen LogP contribution in [0.5, 0.6) is 0 Å². The van der Waals surface area contributed by atoms with Gasteiger partial charge in [0.05, 0.1) is 16.6 Å². The molecule has 0 atom stereocenters. The molecule has 0 amide bonds. The van der Waals surface area contributed by atoms with E-state index in [1.54, 1.807) is 11.3 Å². The fourth-order valence-corrected chi connectivity index (χ4v) is 5.59. The van der Waals surface area contributed by atoms with Crippen molar-refractivity contribution < 1.29 is 0 Å². The van der Waals surface area contributed by atoms with E-state index in [1.165, 1.54) is 31.0 Å². The highest BCUT2D eigenvalue weighted by atomic mass is 32.1. The number of fused-ring (bicyclic) bond motifs is 2. The number of aromatic amines is 2. The van der Waals surface area contributed by atoms with Crippen molar-refractivity contribution in [2.45, 2.75) is 0 Å². The number of H-pyrrole nitrogens is 2. The van der Waals surface area contributed by atoms with Crippen molar-refractivity contribution in [3.8, 4) is 31.5 Å². The number of hydrogen-bond acceptors (Lipinski definition) is 4. The molecule has 28 heavy (non-hydrogen) atoms. The quantitative estimate of drug-likeness (QED) is 0.354. The van der Waals surface area contributed by atoms with Gasteiger partial charge in [-0.05, 0) is 53.4 Å². The van der Waals surface area contributed by atoms with Gasteiger partial charge in [0.1, 0.15) is 5.69 Å². The summed E-state index contributed by atoms with van der Waals surface area (Å²) >= 11 is 3.57. The fourth-order valence-electron chi connectivity index (χ4n) is 3.54. The molecule has 0 saturated carbocycles. The molecule has 0 radical (unpaired) electrons. The fraction of sp³-hybridized carbons (Fsp3) is 0. The van der Waals surface area contributed by atoms with Crippen LogP contribution in [0.15, 0.2) is 73.1 Å². The van der Waals surface area contributed by atoms with Gasteiger partial charge in [-0.25, -0.2) is 0 Å². The molecule has 0 aliphatic rings. The van der Waals surface area contributed by atoms with E-state index < -0.39 is 0 Å². The van der Waals surface area contributed by atoms with Crippen molar-refractivity contribution in [2.24, 2.45) is 0 Å². The van der Waals surface area contributed by atoms with E-state index in [1.807, 2.05) is 29.8 Å². The Bertz CT molecular complexity index is 1390. The molecular weight excluding hydrogens is 384 g/mol. The standard InChI is InChI=1S/C22H14N4S2/c1-2-4-18-13(3-1)11-21(28-18)16-10-14(9-15-12-24-26-22(15)16)19-5-6-20(27-19)17-7-8-23-25-17/h1-12H,(H,23,25)(H,24,26). The molecule has 0 saturated heterocycles. The Hall–Kier alpha value is -3.22. The summed E-state index contributed by atoms with van der Waals surface area (Å²) < 4.78 is 1.30. The van der Waals surface area contributed by atoms with Gasteiger partial charge in [0.15, 0.2) is 0 Å². The first kappa shape index (κ1) is 15.8. The van der Waals surface area contributed by atoms with E-state index >= 15 is 0 Å². The molecule has 0 fully saturated rings. The third-order valence-electron chi connectivity index (χ3n) is 4.88. The maximum absolute atomic E-state index is 4.30. The number of rotatable bonds is 3. The van der Waals surface area contributed by atoms with Gasteiger partial charge in [0, 0.05) is 31.6 Å². The second-order valence-corrected chi connectivity index (χ2v) is 8.80. The lowest BCUT2D eigenvalue weighted by Crippen LogP contribution is -1.80. The van der Waals surface area contributed by atoms with Crippen molar-refractivity contribution in [1.29, 1.82) is 0 Å². The van der Waals surface area contributed by atoms with E-state index in [2.05, 4.69) is 75.0 Å². The van der Waals surface area contributed by atoms with Crippen LogP contribution in [0.2, 0.25) is 0 Å². The summed E-state index contributed by atoms with van der Waals surface area (Å²) in [6.45, 7) is 0. The van der Waals surface area contributed by atoms with E-state index in [4.69, 9.17) is 0 Å². The Morgan fingerprint density at radius 3 is 2.61 bits per heavy atom. The van der Waals surface area contributed by atoms with Crippen LogP contribution in [-0.2, 0) is 0 Å². The van der Waals surface area contributed by atoms with Crippen LogP contribution in [-0.4, -0.2) is 20.4 Å². The number of nitrogens with one attached hydrogen (secondary N) is 2. The van der Waals surface area contributed by atoms with Crippen LogP contribution in [0.25, 0.3) is 52.4 Å². The molecular formula is C22H14N4S2. The van der Waals surface area contributed by atoms with E-state index in [0.717, 1.165) is 21.5 Å². The molecule has 0 aliphatic heterocycles. The van der Waals surface area contributed by atoms with Crippen molar-refractivity contribution in [3.05, 3.63) is 73.1 Å². The minimum atomic E-state index is 0.977. The number of nitrogens with zero attached hydrogens (tertiary/aromatic N) is 2. The highest BCUT2D eigenvalue weighted by molar-refractivity contribution is 7.22. The third-order valence-corrected chi connectivity index (χ3v) is 7.19. The minimum absolute atomic E-state index is 0.977. The summed E-state index contributed by atoms with van der Waals surface area (Å²) in [6.07, 6.45) is 3.75. The van der Waals surface area contributed by atoms with Gasteiger partial charge in [-0.15, -0.1) is 22.7 Å². The lowest BCUT2D eigenvalue weighted by atomic mass is 10.0. The Kier molecular flexibility index (Phi) is 3.47. The van der Waals surface area contributed by atoms with Crippen LogP contribution >= 0.6 is 22.7 Å². The molecule has 0 aliphatic carbocycles. The lowest BCUT2D eigenvalue weighted by molar-refractivity contribution is 1.10. The van der Waals surface area contributed by atoms with Crippen molar-refractivity contribution in [2.75, 3.05) is 0 Å². The predicted octanol–water partition coefficient (Wildman–Crippen LogP) is 6.56. The molecule has 0 bridgehead atoms. The van der Waals surface area contributed by atoms with E-state index in [9.17, 15) is 0 Å². The minimum Gasteiger partial charge on any atom is -0.285 e. The second kappa shape index (κ2) is 6.15. The maximum atomic E-state index is 4.30. The molecule has 0 spiro atoms. The van der Waals surface area contributed by atoms with Crippen LogP contribution in [0.1, 0.15) is 0 Å². The van der Waals surface area contributed by atoms with Crippen LogP contribution in [0.3, 0.4) is 0 Å². The van der Waals surface area contributed by atoms with Gasteiger partial charge in [0.25, 0.3) is 0 Å². The van der Waals surface area contributed by atoms with Crippen molar-refractivity contribution >= 4 is 43.7 Å². The molecule has 6 aromatic rings. The number of thiophene rings is 2. The van der Waals surface area contributed by atoms with Gasteiger partial charge in [-0.3, -0.25) is 10.2 Å². The smallest absolute Gasteiger partial charge is 0.102 e. The Balaban J connectivity index is 1.53. The summed E-state index contributed by atoms with van der Waals surface area (Å²) in [5.41, 5.74) is 4.46. The zero-order valence-corrected chi connectivity index (χ0v) is 16.3. The monoisotopic (exact) mass is 398 g/mol. The first-order valence-electron chi connectivity index (χ1n) is 8.91. The van der Waals surface area contributed by atoms with Crippen molar-refractivity contribution in [1.82, 2.24) is 20.4 Å². The summed E-state index contributed by atoms with van der Waals surface area (Å²) in [7, 11) is 0. The van der Waals surface area contributed by atoms with Crippen LogP contribution in [0.4, 0.5) is 0 Å². The normalized spacial score (nSPS) is 11.6. The lowest BCUT2D eigenvalue weighted by Gasteiger charge is -2.04. The molecule has 6 heteroatoms. The molecule has 2 aromatic carbocycles. The highest BCUT2D eigenvalue weighted by Crippen LogP contribution is 2.41. The van der Waals surface area contributed by atoms with Gasteiger partial charge >= 0.3 is 0 Å². The Labute approximate surface area is 168 Å². The second-order valence-electron chi connectivity index (χ2n) is 6.63. The first-order chi connectivity index (χ1) is 13.8. The number of aromatic nitrogens is 4. The zero-order chi connectivity index (χ0) is 18.5. The van der Waals surface area contributed by atoms with Crippen molar-refractivity contribution in [3.63, 3.8) is 0 Å². The summed E-state index contributed by atoms with van der Waals surface area (Å²) in [4.78, 5) is 3.64. The number of hydrogen-bond donors (Lipinski definition) is 2. The highest BCUT2D eigenvalue weighted by Gasteiger charge is 2.14. The topological polar surface area (TPSA) is 57.4 Å². The SMILES string of the molecule is c1ccc2sc(-c3cc(-c4ccc(-c5cc[nH]n5)s4)cc4cn[nH]c34)cc2c1. The molecule has 4 aromatic heterocycles. The molecule has 134 valence electrons. The third kappa shape index (κ3) is 2.50. The molecule has 4 heterocycles. The van der Waals surface area contributed by atoms with Gasteiger partial charge in [0.2, 0.25) is 0 Å². The Morgan fingerprint density at radius 1 is 0.786 bits per heavy atom. The summed E-state index contributed by atoms with van der Waals surface area (Å²) in [5.74, 6) is 0. The summed E-state index contributed by atoms with van der Waals surface area (Å²) in [5, 5.41) is 17.1. The van der Waals surface area contributed by atoms with Gasteiger partial charge < -0.3 is 0 Å². The van der Waals surface area contributed by atoms with E-state index in [0.29, 0.717) is 0 Å². The molecule has 6 rings (SSSR count). The van der Waals surface area contributed by atoms with E-state index in [-0.39, 0.29) is 0 Å². The van der Waals surface area contributed by atoms with Gasteiger partial charge in [-0.1, -0.05) is 18.2 Å². The predicted molar refractivity (Wildman–Crippen MR) is 118 cm³/mol.